The molecule has 1 heterocycles. The molecule has 1 aromatic heterocycles. The molecule has 0 fully saturated rings. The Labute approximate surface area is 107 Å². The summed E-state index contributed by atoms with van der Waals surface area (Å²) in [5, 5.41) is 5.74. The number of rotatable bonds is 5. The van der Waals surface area contributed by atoms with Gasteiger partial charge in [0, 0.05) is 11.8 Å². The lowest BCUT2D eigenvalue weighted by Gasteiger charge is -2.19. The smallest absolute Gasteiger partial charge is 0.318 e. The standard InChI is InChI=1S/C12H20N4O2/c1-7(2)10(13-4)11(17)15-9-6-8(3)14-12(16-9)18-5/h6-7,10,13H,1-5H3,(H,14,15,16,17). The maximum atomic E-state index is 12.0. The Morgan fingerprint density at radius 2 is 2.06 bits per heavy atom. The van der Waals surface area contributed by atoms with Gasteiger partial charge in [0.05, 0.1) is 13.2 Å². The molecule has 0 bridgehead atoms. The first kappa shape index (κ1) is 14.4. The molecule has 0 aliphatic rings. The average Bonchev–Trinajstić information content (AvgIpc) is 2.28. The number of methoxy groups -OCH3 is 1. The second-order valence-electron chi connectivity index (χ2n) is 4.38. The van der Waals surface area contributed by atoms with Crippen molar-refractivity contribution >= 4 is 11.7 Å². The predicted molar refractivity (Wildman–Crippen MR) is 69.6 cm³/mol. The summed E-state index contributed by atoms with van der Waals surface area (Å²) in [6, 6.07) is 1.69. The van der Waals surface area contributed by atoms with E-state index in [0.717, 1.165) is 5.69 Å². The number of aryl methyl sites for hydroxylation is 1. The van der Waals surface area contributed by atoms with E-state index < -0.39 is 0 Å². The van der Waals surface area contributed by atoms with Gasteiger partial charge in [-0.2, -0.15) is 4.98 Å². The SMILES string of the molecule is CNC(C(=O)Nc1cc(C)nc(OC)n1)C(C)C. The van der Waals surface area contributed by atoms with Gasteiger partial charge in [0.15, 0.2) is 0 Å². The molecule has 0 aliphatic carbocycles. The van der Waals surface area contributed by atoms with E-state index in [1.807, 2.05) is 20.8 Å². The van der Waals surface area contributed by atoms with Crippen molar-refractivity contribution < 1.29 is 9.53 Å². The third kappa shape index (κ3) is 3.66. The molecule has 0 saturated heterocycles. The van der Waals surface area contributed by atoms with Crippen molar-refractivity contribution in [2.24, 2.45) is 5.92 Å². The third-order valence-electron chi connectivity index (χ3n) is 2.53. The van der Waals surface area contributed by atoms with Crippen molar-refractivity contribution in [3.8, 4) is 6.01 Å². The van der Waals surface area contributed by atoms with Crippen LogP contribution in [0.4, 0.5) is 5.82 Å². The van der Waals surface area contributed by atoms with Crippen molar-refractivity contribution in [1.29, 1.82) is 0 Å². The first-order chi connectivity index (χ1) is 8.47. The van der Waals surface area contributed by atoms with Gasteiger partial charge in [0.25, 0.3) is 0 Å². The number of nitrogens with one attached hydrogen (secondary N) is 2. The van der Waals surface area contributed by atoms with Gasteiger partial charge in [-0.05, 0) is 19.9 Å². The number of nitrogens with zero attached hydrogens (tertiary/aromatic N) is 2. The van der Waals surface area contributed by atoms with Crippen LogP contribution in [0.5, 0.6) is 6.01 Å². The van der Waals surface area contributed by atoms with Crippen LogP contribution in [-0.2, 0) is 4.79 Å². The quantitative estimate of drug-likeness (QED) is 0.817. The van der Waals surface area contributed by atoms with E-state index in [0.29, 0.717) is 5.82 Å². The molecule has 6 nitrogen and oxygen atoms in total. The van der Waals surface area contributed by atoms with Crippen molar-refractivity contribution in [3.63, 3.8) is 0 Å². The third-order valence-corrected chi connectivity index (χ3v) is 2.53. The number of anilines is 1. The fourth-order valence-corrected chi connectivity index (χ4v) is 1.67. The van der Waals surface area contributed by atoms with E-state index in [1.165, 1.54) is 7.11 Å². The highest BCUT2D eigenvalue weighted by atomic mass is 16.5. The molecule has 1 rings (SSSR count). The number of ether oxygens (including phenoxy) is 1. The summed E-state index contributed by atoms with van der Waals surface area (Å²) in [5.41, 5.74) is 0.739. The van der Waals surface area contributed by atoms with Crippen molar-refractivity contribution in [3.05, 3.63) is 11.8 Å². The number of aromatic nitrogens is 2. The normalized spacial score (nSPS) is 12.3. The largest absolute Gasteiger partial charge is 0.467 e. The van der Waals surface area contributed by atoms with Gasteiger partial charge in [-0.1, -0.05) is 13.8 Å². The molecule has 1 amide bonds. The Morgan fingerprint density at radius 3 is 2.56 bits per heavy atom. The van der Waals surface area contributed by atoms with Crippen molar-refractivity contribution in [2.45, 2.75) is 26.8 Å². The summed E-state index contributed by atoms with van der Waals surface area (Å²) in [4.78, 5) is 20.2. The monoisotopic (exact) mass is 252 g/mol. The molecule has 0 saturated carbocycles. The van der Waals surface area contributed by atoms with E-state index in [-0.39, 0.29) is 23.9 Å². The maximum absolute atomic E-state index is 12.0. The predicted octanol–water partition coefficient (Wildman–Crippen LogP) is 0.976. The van der Waals surface area contributed by atoms with Gasteiger partial charge < -0.3 is 15.4 Å². The van der Waals surface area contributed by atoms with Crippen LogP contribution in [0.2, 0.25) is 0 Å². The second kappa shape index (κ2) is 6.30. The summed E-state index contributed by atoms with van der Waals surface area (Å²) in [5.74, 6) is 0.526. The Kier molecular flexibility index (Phi) is 5.03. The van der Waals surface area contributed by atoms with Gasteiger partial charge in [-0.15, -0.1) is 0 Å². The molecule has 0 spiro atoms. The molecular weight excluding hydrogens is 232 g/mol. The van der Waals surface area contributed by atoms with Gasteiger partial charge in [0.2, 0.25) is 5.91 Å². The van der Waals surface area contributed by atoms with E-state index in [4.69, 9.17) is 4.74 Å². The summed E-state index contributed by atoms with van der Waals surface area (Å²) in [6.45, 7) is 5.77. The van der Waals surface area contributed by atoms with Gasteiger partial charge in [-0.3, -0.25) is 4.79 Å². The number of carbonyl (C=O) groups is 1. The first-order valence-corrected chi connectivity index (χ1v) is 5.85. The van der Waals surface area contributed by atoms with Crippen LogP contribution in [0.1, 0.15) is 19.5 Å². The highest BCUT2D eigenvalue weighted by molar-refractivity contribution is 5.94. The molecule has 0 aliphatic heterocycles. The Hall–Kier alpha value is -1.69. The Balaban J connectivity index is 2.84. The summed E-state index contributed by atoms with van der Waals surface area (Å²) in [7, 11) is 3.25. The van der Waals surface area contributed by atoms with Crippen molar-refractivity contribution in [1.82, 2.24) is 15.3 Å². The molecule has 18 heavy (non-hydrogen) atoms. The van der Waals surface area contributed by atoms with E-state index >= 15 is 0 Å². The molecule has 1 aromatic rings. The Bertz CT molecular complexity index is 421. The Morgan fingerprint density at radius 1 is 1.39 bits per heavy atom. The van der Waals surface area contributed by atoms with Crippen molar-refractivity contribution in [2.75, 3.05) is 19.5 Å². The second-order valence-corrected chi connectivity index (χ2v) is 4.38. The number of amides is 1. The minimum Gasteiger partial charge on any atom is -0.467 e. The summed E-state index contributed by atoms with van der Waals surface area (Å²) in [6.07, 6.45) is 0. The molecule has 0 radical (unpaired) electrons. The highest BCUT2D eigenvalue weighted by Gasteiger charge is 2.20. The van der Waals surface area contributed by atoms with Crippen LogP contribution in [-0.4, -0.2) is 36.1 Å². The molecule has 1 atom stereocenters. The van der Waals surface area contributed by atoms with E-state index in [9.17, 15) is 4.79 Å². The summed E-state index contributed by atoms with van der Waals surface area (Å²) < 4.78 is 4.96. The molecule has 100 valence electrons. The molecule has 1 unspecified atom stereocenters. The molecule has 6 heteroatoms. The fourth-order valence-electron chi connectivity index (χ4n) is 1.67. The van der Waals surface area contributed by atoms with E-state index in [1.54, 1.807) is 13.1 Å². The first-order valence-electron chi connectivity index (χ1n) is 5.85. The highest BCUT2D eigenvalue weighted by Crippen LogP contribution is 2.12. The lowest BCUT2D eigenvalue weighted by atomic mass is 10.0. The molecular formula is C12H20N4O2. The number of likely N-dealkylation sites (N-methyl/N-ethyl adjacent to an activating group) is 1. The molecule has 0 aromatic carbocycles. The van der Waals surface area contributed by atoms with E-state index in [2.05, 4.69) is 20.6 Å². The van der Waals surface area contributed by atoms with Gasteiger partial charge in [0.1, 0.15) is 5.82 Å². The zero-order valence-corrected chi connectivity index (χ0v) is 11.4. The lowest BCUT2D eigenvalue weighted by molar-refractivity contribution is -0.119. The molecule has 2 N–H and O–H groups in total. The fraction of sp³-hybridized carbons (Fsp3) is 0.583. The maximum Gasteiger partial charge on any atom is 0.318 e. The van der Waals surface area contributed by atoms with Crippen LogP contribution in [0.15, 0.2) is 6.07 Å². The van der Waals surface area contributed by atoms with Gasteiger partial charge in [-0.25, -0.2) is 4.98 Å². The minimum absolute atomic E-state index is 0.118. The average molecular weight is 252 g/mol. The topological polar surface area (TPSA) is 76.1 Å². The number of carbonyl (C=O) groups excluding carboxylic acids is 1. The van der Waals surface area contributed by atoms with Crippen LogP contribution >= 0.6 is 0 Å². The van der Waals surface area contributed by atoms with Crippen LogP contribution in [0.3, 0.4) is 0 Å². The van der Waals surface area contributed by atoms with Crippen LogP contribution < -0.4 is 15.4 Å². The van der Waals surface area contributed by atoms with Crippen LogP contribution in [0.25, 0.3) is 0 Å². The minimum atomic E-state index is -0.258. The zero-order chi connectivity index (χ0) is 13.7. The lowest BCUT2D eigenvalue weighted by Crippen LogP contribution is -2.42. The number of hydrogen-bond acceptors (Lipinski definition) is 5. The summed E-state index contributed by atoms with van der Waals surface area (Å²) >= 11 is 0. The zero-order valence-electron chi connectivity index (χ0n) is 11.4. The number of hydrogen-bond donors (Lipinski definition) is 2. The van der Waals surface area contributed by atoms with Crippen LogP contribution in [0, 0.1) is 12.8 Å². The van der Waals surface area contributed by atoms with Gasteiger partial charge >= 0.3 is 6.01 Å².